The topological polar surface area (TPSA) is 114 Å². The van der Waals surface area contributed by atoms with Gasteiger partial charge in [0.25, 0.3) is 0 Å². The van der Waals surface area contributed by atoms with Crippen LogP contribution in [0.3, 0.4) is 0 Å². The Morgan fingerprint density at radius 3 is 1.79 bits per heavy atom. The van der Waals surface area contributed by atoms with E-state index >= 15 is 0 Å². The number of carboxylic acid groups (broad SMARTS) is 2. The molecule has 6 heteroatoms. The molecule has 0 aromatic carbocycles. The van der Waals surface area contributed by atoms with Crippen molar-refractivity contribution in [2.24, 2.45) is 0 Å². The van der Waals surface area contributed by atoms with Crippen molar-refractivity contribution in [1.82, 2.24) is 0 Å². The largest absolute Gasteiger partial charge is 0.550 e. The predicted octanol–water partition coefficient (Wildman–Crippen LogP) is -2.82. The molecule has 6 nitrogen and oxygen atoms in total. The molecule has 0 aliphatic carbocycles. The molecule has 0 spiro atoms. The zero-order valence-electron chi connectivity index (χ0n) is 7.28. The van der Waals surface area contributed by atoms with Gasteiger partial charge in [-0.15, -0.1) is 0 Å². The first-order valence-electron chi connectivity index (χ1n) is 3.93. The van der Waals surface area contributed by atoms with E-state index in [1.54, 1.807) is 0 Å². The van der Waals surface area contributed by atoms with Gasteiger partial charge < -0.3 is 19.8 Å². The van der Waals surface area contributed by atoms with Crippen molar-refractivity contribution in [2.45, 2.75) is 25.7 Å². The number of hydrogen-bond donors (Lipinski definition) is 0. The van der Waals surface area contributed by atoms with Gasteiger partial charge in [-0.25, -0.2) is 0 Å². The minimum absolute atomic E-state index is 0.145. The first-order valence-corrected chi connectivity index (χ1v) is 3.93. The van der Waals surface area contributed by atoms with Crippen molar-refractivity contribution in [3.05, 3.63) is 0 Å². The predicted molar refractivity (Wildman–Crippen MR) is 38.5 cm³/mol. The molecule has 0 aliphatic heterocycles. The van der Waals surface area contributed by atoms with E-state index in [1.807, 2.05) is 0 Å². The van der Waals surface area contributed by atoms with Gasteiger partial charge in [-0.3, -0.25) is 9.59 Å². The fourth-order valence-electron chi connectivity index (χ4n) is 0.782. The molecule has 0 rings (SSSR count). The number of carboxylic acids is 2. The number of ketones is 2. The highest BCUT2D eigenvalue weighted by atomic mass is 16.4. The van der Waals surface area contributed by atoms with Crippen LogP contribution >= 0.6 is 0 Å². The molecule has 78 valence electrons. The second kappa shape index (κ2) is 5.85. The first kappa shape index (κ1) is 12.3. The standard InChI is InChI=1S/C8H10O6/c9-5(7(12)8(13)14)3-1-2-4-6(10)11/h1-4H2,(H,10,11)(H,13,14)/p-2. The molecule has 0 radical (unpaired) electrons. The summed E-state index contributed by atoms with van der Waals surface area (Å²) >= 11 is 0. The molecule has 0 unspecified atom stereocenters. The minimum Gasteiger partial charge on any atom is -0.550 e. The van der Waals surface area contributed by atoms with Gasteiger partial charge in [0, 0.05) is 12.4 Å². The molecule has 0 bridgehead atoms. The quantitative estimate of drug-likeness (QED) is 0.249. The van der Waals surface area contributed by atoms with Crippen LogP contribution in [-0.2, 0) is 19.2 Å². The number of Topliss-reactive ketones (excluding diaryl/α,β-unsaturated/α-hetero) is 2. The molecule has 0 heterocycles. The third-order valence-electron chi connectivity index (χ3n) is 1.47. The van der Waals surface area contributed by atoms with Gasteiger partial charge in [-0.2, -0.15) is 0 Å². The molecule has 0 aromatic rings. The number of unbranched alkanes of at least 4 members (excludes halogenated alkanes) is 1. The van der Waals surface area contributed by atoms with E-state index in [0.29, 0.717) is 0 Å². The van der Waals surface area contributed by atoms with Crippen LogP contribution in [-0.4, -0.2) is 23.5 Å². The number of hydrogen-bond acceptors (Lipinski definition) is 6. The maximum absolute atomic E-state index is 10.7. The summed E-state index contributed by atoms with van der Waals surface area (Å²) in [5, 5.41) is 19.8. The van der Waals surface area contributed by atoms with Gasteiger partial charge in [0.1, 0.15) is 5.97 Å². The molecule has 0 atom stereocenters. The summed E-state index contributed by atoms with van der Waals surface area (Å²) in [4.78, 5) is 40.9. The van der Waals surface area contributed by atoms with Crippen molar-refractivity contribution < 1.29 is 29.4 Å². The molecule has 0 aliphatic rings. The molecule has 0 amide bonds. The Bertz CT molecular complexity index is 267. The molecule has 0 N–H and O–H groups in total. The second-order valence-electron chi connectivity index (χ2n) is 2.62. The zero-order valence-corrected chi connectivity index (χ0v) is 7.28. The maximum atomic E-state index is 10.7. The Balaban J connectivity index is 3.70. The number of rotatable bonds is 7. The fourth-order valence-corrected chi connectivity index (χ4v) is 0.782. The van der Waals surface area contributed by atoms with Crippen LogP contribution in [0.4, 0.5) is 0 Å². The summed E-state index contributed by atoms with van der Waals surface area (Å²) in [7, 11) is 0. The Morgan fingerprint density at radius 2 is 1.36 bits per heavy atom. The summed E-state index contributed by atoms with van der Waals surface area (Å²) in [6.45, 7) is 0. The molecule has 0 saturated heterocycles. The van der Waals surface area contributed by atoms with Crippen molar-refractivity contribution in [3.8, 4) is 0 Å². The van der Waals surface area contributed by atoms with Crippen LogP contribution in [0.2, 0.25) is 0 Å². The van der Waals surface area contributed by atoms with Crippen molar-refractivity contribution in [3.63, 3.8) is 0 Å². The SMILES string of the molecule is O=C([O-])CCCCC(=O)C(=O)C(=O)[O-]. The van der Waals surface area contributed by atoms with E-state index in [2.05, 4.69) is 0 Å². The maximum Gasteiger partial charge on any atom is 0.243 e. The van der Waals surface area contributed by atoms with E-state index in [4.69, 9.17) is 0 Å². The first-order chi connectivity index (χ1) is 6.45. The van der Waals surface area contributed by atoms with Gasteiger partial charge >= 0.3 is 0 Å². The zero-order chi connectivity index (χ0) is 11.1. The lowest BCUT2D eigenvalue weighted by molar-refractivity contribution is -0.306. The Kier molecular flexibility index (Phi) is 5.13. The van der Waals surface area contributed by atoms with Crippen LogP contribution < -0.4 is 10.2 Å². The Labute approximate surface area is 79.5 Å². The van der Waals surface area contributed by atoms with Crippen molar-refractivity contribution >= 4 is 23.5 Å². The third-order valence-corrected chi connectivity index (χ3v) is 1.47. The number of carbonyl (C=O) groups is 4. The smallest absolute Gasteiger partial charge is 0.243 e. The molecule has 0 fully saturated rings. The lowest BCUT2D eigenvalue weighted by Gasteiger charge is -2.01. The highest BCUT2D eigenvalue weighted by molar-refractivity contribution is 6.61. The van der Waals surface area contributed by atoms with Crippen LogP contribution in [0.15, 0.2) is 0 Å². The van der Waals surface area contributed by atoms with Gasteiger partial charge in [0.15, 0.2) is 0 Å². The van der Waals surface area contributed by atoms with E-state index in [1.165, 1.54) is 0 Å². The molecule has 0 saturated carbocycles. The van der Waals surface area contributed by atoms with Crippen LogP contribution in [0.1, 0.15) is 25.7 Å². The summed E-state index contributed by atoms with van der Waals surface area (Å²) in [5.74, 6) is -5.92. The fraction of sp³-hybridized carbons (Fsp3) is 0.500. The average molecular weight is 200 g/mol. The Morgan fingerprint density at radius 1 is 0.857 bits per heavy atom. The molecule has 14 heavy (non-hydrogen) atoms. The molecular weight excluding hydrogens is 192 g/mol. The van der Waals surface area contributed by atoms with Gasteiger partial charge in [-0.1, -0.05) is 0 Å². The number of carbonyl (C=O) groups excluding carboxylic acids is 4. The third kappa shape index (κ3) is 5.02. The van der Waals surface area contributed by atoms with Gasteiger partial charge in [0.2, 0.25) is 11.6 Å². The Hall–Kier alpha value is -1.72. The molecular formula is C8H8O6-2. The van der Waals surface area contributed by atoms with Gasteiger partial charge in [0.05, 0.1) is 0 Å². The summed E-state index contributed by atoms with van der Waals surface area (Å²) in [6, 6.07) is 0. The highest BCUT2D eigenvalue weighted by Gasteiger charge is 2.13. The molecule has 0 aromatic heterocycles. The normalized spacial score (nSPS) is 9.43. The lowest BCUT2D eigenvalue weighted by atomic mass is 10.1. The van der Waals surface area contributed by atoms with Crippen LogP contribution in [0, 0.1) is 0 Å². The van der Waals surface area contributed by atoms with Crippen molar-refractivity contribution in [1.29, 1.82) is 0 Å². The monoisotopic (exact) mass is 200 g/mol. The van der Waals surface area contributed by atoms with Gasteiger partial charge in [-0.05, 0) is 19.3 Å². The van der Waals surface area contributed by atoms with E-state index < -0.39 is 23.5 Å². The number of aliphatic carboxylic acids is 2. The van der Waals surface area contributed by atoms with E-state index in [0.717, 1.165) is 0 Å². The second-order valence-corrected chi connectivity index (χ2v) is 2.62. The average Bonchev–Trinajstić information content (AvgIpc) is 2.10. The summed E-state index contributed by atoms with van der Waals surface area (Å²) in [5.41, 5.74) is 0. The highest BCUT2D eigenvalue weighted by Crippen LogP contribution is 2.00. The summed E-state index contributed by atoms with van der Waals surface area (Å²) in [6.07, 6.45) is -0.173. The van der Waals surface area contributed by atoms with E-state index in [-0.39, 0.29) is 25.7 Å². The summed E-state index contributed by atoms with van der Waals surface area (Å²) < 4.78 is 0. The lowest BCUT2D eigenvalue weighted by Crippen LogP contribution is -2.36. The van der Waals surface area contributed by atoms with E-state index in [9.17, 15) is 29.4 Å². The van der Waals surface area contributed by atoms with Crippen LogP contribution in [0.5, 0.6) is 0 Å². The van der Waals surface area contributed by atoms with Crippen LogP contribution in [0.25, 0.3) is 0 Å². The van der Waals surface area contributed by atoms with Crippen molar-refractivity contribution in [2.75, 3.05) is 0 Å². The minimum atomic E-state index is -2.03.